The minimum atomic E-state index is -0.406. The van der Waals surface area contributed by atoms with Gasteiger partial charge in [0.1, 0.15) is 11.5 Å². The molecule has 0 radical (unpaired) electrons. The predicted octanol–water partition coefficient (Wildman–Crippen LogP) is 4.34. The molecule has 0 saturated heterocycles. The van der Waals surface area contributed by atoms with Crippen molar-refractivity contribution in [1.82, 2.24) is 5.43 Å². The first-order valence-electron chi connectivity index (χ1n) is 8.38. The average Bonchev–Trinajstić information content (AvgIpc) is 2.66. The molecule has 1 amide bonds. The molecule has 0 aromatic heterocycles. The lowest BCUT2D eigenvalue weighted by molar-refractivity contribution is -0.123. The quantitative estimate of drug-likeness (QED) is 0.509. The van der Waals surface area contributed by atoms with Gasteiger partial charge in [-0.1, -0.05) is 41.9 Å². The first kappa shape index (κ1) is 18.7. The van der Waals surface area contributed by atoms with E-state index in [9.17, 15) is 9.90 Å². The highest BCUT2D eigenvalue weighted by Gasteiger charge is 2.07. The lowest BCUT2D eigenvalue weighted by Crippen LogP contribution is -2.24. The van der Waals surface area contributed by atoms with Gasteiger partial charge in [0, 0.05) is 10.6 Å². The molecular weight excluding hydrogens is 364 g/mol. The summed E-state index contributed by atoms with van der Waals surface area (Å²) in [5, 5.41) is 16.5. The molecule has 6 heteroatoms. The maximum Gasteiger partial charge on any atom is 0.277 e. The van der Waals surface area contributed by atoms with Crippen LogP contribution in [0.4, 0.5) is 0 Å². The number of hydrogen-bond donors (Lipinski definition) is 2. The average molecular weight is 383 g/mol. The summed E-state index contributed by atoms with van der Waals surface area (Å²) >= 11 is 6.12. The standard InChI is InChI=1S/C21H19ClN2O3/c1-13-9-16(10-14(2)21(13)22)27-12-20(26)24-23-11-18-17-6-4-3-5-15(17)7-8-19(18)25/h3-11,25H,12H2,1-2H3,(H,24,26). The number of nitrogens with one attached hydrogen (secondary N) is 1. The van der Waals surface area contributed by atoms with E-state index in [0.29, 0.717) is 16.3 Å². The van der Waals surface area contributed by atoms with E-state index in [1.165, 1.54) is 6.21 Å². The molecule has 5 nitrogen and oxygen atoms in total. The van der Waals surface area contributed by atoms with Crippen LogP contribution < -0.4 is 10.2 Å². The zero-order valence-corrected chi connectivity index (χ0v) is 15.7. The largest absolute Gasteiger partial charge is 0.507 e. The van der Waals surface area contributed by atoms with E-state index in [1.807, 2.05) is 44.2 Å². The third-order valence-electron chi connectivity index (χ3n) is 4.11. The summed E-state index contributed by atoms with van der Waals surface area (Å²) in [6.45, 7) is 3.58. The molecule has 0 heterocycles. The summed E-state index contributed by atoms with van der Waals surface area (Å²) in [7, 11) is 0. The topological polar surface area (TPSA) is 70.9 Å². The van der Waals surface area contributed by atoms with Crippen molar-refractivity contribution in [2.45, 2.75) is 13.8 Å². The second-order valence-corrected chi connectivity index (χ2v) is 6.55. The number of phenolic OH excluding ortho intramolecular Hbond substituents is 1. The van der Waals surface area contributed by atoms with Crippen molar-refractivity contribution in [1.29, 1.82) is 0 Å². The van der Waals surface area contributed by atoms with Gasteiger partial charge in [-0.25, -0.2) is 5.43 Å². The van der Waals surface area contributed by atoms with Gasteiger partial charge < -0.3 is 9.84 Å². The van der Waals surface area contributed by atoms with E-state index in [0.717, 1.165) is 21.9 Å². The Bertz CT molecular complexity index is 1010. The summed E-state index contributed by atoms with van der Waals surface area (Å²) in [5.41, 5.74) is 4.71. The molecule has 0 aliphatic heterocycles. The van der Waals surface area contributed by atoms with E-state index >= 15 is 0 Å². The summed E-state index contributed by atoms with van der Waals surface area (Å²) in [5.74, 6) is 0.256. The molecule has 2 N–H and O–H groups in total. The van der Waals surface area contributed by atoms with E-state index in [4.69, 9.17) is 16.3 Å². The number of amides is 1. The van der Waals surface area contributed by atoms with Crippen molar-refractivity contribution >= 4 is 34.5 Å². The highest BCUT2D eigenvalue weighted by atomic mass is 35.5. The zero-order chi connectivity index (χ0) is 19.4. The van der Waals surface area contributed by atoms with Gasteiger partial charge >= 0.3 is 0 Å². The minimum absolute atomic E-state index is 0.0927. The number of hydrogen-bond acceptors (Lipinski definition) is 4. The van der Waals surface area contributed by atoms with Crippen LogP contribution in [0.15, 0.2) is 53.6 Å². The number of fused-ring (bicyclic) bond motifs is 1. The third-order valence-corrected chi connectivity index (χ3v) is 4.71. The van der Waals surface area contributed by atoms with Crippen molar-refractivity contribution in [2.75, 3.05) is 6.61 Å². The normalized spacial score (nSPS) is 11.1. The Hall–Kier alpha value is -3.05. The summed E-state index contributed by atoms with van der Waals surface area (Å²) in [4.78, 5) is 12.0. The number of phenols is 1. The lowest BCUT2D eigenvalue weighted by Gasteiger charge is -2.09. The molecule has 3 aromatic rings. The van der Waals surface area contributed by atoms with Crippen LogP contribution in [-0.4, -0.2) is 23.8 Å². The maximum absolute atomic E-state index is 12.0. The SMILES string of the molecule is Cc1cc(OCC(=O)NN=Cc2c(O)ccc3ccccc23)cc(C)c1Cl. The van der Waals surface area contributed by atoms with Crippen LogP contribution in [0.5, 0.6) is 11.5 Å². The minimum Gasteiger partial charge on any atom is -0.507 e. The Labute approximate surface area is 162 Å². The predicted molar refractivity (Wildman–Crippen MR) is 108 cm³/mol. The van der Waals surface area contributed by atoms with E-state index in [1.54, 1.807) is 18.2 Å². The number of ether oxygens (including phenoxy) is 1. The molecule has 0 atom stereocenters. The van der Waals surface area contributed by atoms with Crippen LogP contribution >= 0.6 is 11.6 Å². The highest BCUT2D eigenvalue weighted by molar-refractivity contribution is 6.32. The Balaban J connectivity index is 1.64. The lowest BCUT2D eigenvalue weighted by atomic mass is 10.0. The molecule has 0 spiro atoms. The maximum atomic E-state index is 12.0. The molecule has 0 unspecified atom stereocenters. The first-order valence-corrected chi connectivity index (χ1v) is 8.75. The number of rotatable bonds is 5. The second kappa shape index (κ2) is 8.10. The number of hydrazone groups is 1. The third kappa shape index (κ3) is 4.38. The van der Waals surface area contributed by atoms with Crippen molar-refractivity contribution in [3.63, 3.8) is 0 Å². The summed E-state index contributed by atoms with van der Waals surface area (Å²) in [6, 6.07) is 14.6. The Morgan fingerprint density at radius 1 is 1.19 bits per heavy atom. The number of halogens is 1. The molecule has 0 bridgehead atoms. The fourth-order valence-electron chi connectivity index (χ4n) is 2.76. The molecule has 0 fully saturated rings. The number of aryl methyl sites for hydroxylation is 2. The van der Waals surface area contributed by atoms with Gasteiger partial charge in [0.05, 0.1) is 6.21 Å². The van der Waals surface area contributed by atoms with Crippen molar-refractivity contribution in [2.24, 2.45) is 5.10 Å². The van der Waals surface area contributed by atoms with Gasteiger partial charge in [-0.3, -0.25) is 4.79 Å². The summed E-state index contributed by atoms with van der Waals surface area (Å²) < 4.78 is 5.49. The molecule has 27 heavy (non-hydrogen) atoms. The Kier molecular flexibility index (Phi) is 5.62. The first-order chi connectivity index (χ1) is 13.0. The second-order valence-electron chi connectivity index (χ2n) is 6.17. The molecule has 3 rings (SSSR count). The van der Waals surface area contributed by atoms with Crippen molar-refractivity contribution < 1.29 is 14.6 Å². The molecule has 0 saturated carbocycles. The molecule has 3 aromatic carbocycles. The fraction of sp³-hybridized carbons (Fsp3) is 0.143. The fourth-order valence-corrected chi connectivity index (χ4v) is 2.87. The molecule has 0 aliphatic carbocycles. The number of carbonyl (C=O) groups excluding carboxylic acids is 1. The zero-order valence-electron chi connectivity index (χ0n) is 15.0. The van der Waals surface area contributed by atoms with Gasteiger partial charge in [-0.15, -0.1) is 0 Å². The van der Waals surface area contributed by atoms with Gasteiger partial charge in [-0.2, -0.15) is 5.10 Å². The van der Waals surface area contributed by atoms with Crippen molar-refractivity contribution in [3.8, 4) is 11.5 Å². The van der Waals surface area contributed by atoms with Crippen LogP contribution in [-0.2, 0) is 4.79 Å². The number of aromatic hydroxyl groups is 1. The van der Waals surface area contributed by atoms with E-state index in [2.05, 4.69) is 10.5 Å². The van der Waals surface area contributed by atoms with Gasteiger partial charge in [0.15, 0.2) is 6.61 Å². The van der Waals surface area contributed by atoms with Gasteiger partial charge in [0.25, 0.3) is 5.91 Å². The smallest absolute Gasteiger partial charge is 0.277 e. The summed E-state index contributed by atoms with van der Waals surface area (Å²) in [6.07, 6.45) is 1.42. The van der Waals surface area contributed by atoms with Crippen LogP contribution in [0.3, 0.4) is 0 Å². The monoisotopic (exact) mass is 382 g/mol. The van der Waals surface area contributed by atoms with Crippen molar-refractivity contribution in [3.05, 3.63) is 70.2 Å². The number of carbonyl (C=O) groups is 1. The highest BCUT2D eigenvalue weighted by Crippen LogP contribution is 2.26. The Morgan fingerprint density at radius 2 is 1.89 bits per heavy atom. The van der Waals surface area contributed by atoms with Gasteiger partial charge in [-0.05, 0) is 53.9 Å². The van der Waals surface area contributed by atoms with E-state index in [-0.39, 0.29) is 12.4 Å². The number of benzene rings is 3. The van der Waals surface area contributed by atoms with Gasteiger partial charge in [0.2, 0.25) is 0 Å². The van der Waals surface area contributed by atoms with Crippen LogP contribution in [0.1, 0.15) is 16.7 Å². The molecule has 138 valence electrons. The van der Waals surface area contributed by atoms with E-state index < -0.39 is 5.91 Å². The molecule has 0 aliphatic rings. The van der Waals surface area contributed by atoms with Crippen LogP contribution in [0.2, 0.25) is 5.02 Å². The molecular formula is C21H19ClN2O3. The number of nitrogens with zero attached hydrogens (tertiary/aromatic N) is 1. The Morgan fingerprint density at radius 3 is 2.63 bits per heavy atom. The van der Waals surface area contributed by atoms with Crippen LogP contribution in [0.25, 0.3) is 10.8 Å². The van der Waals surface area contributed by atoms with Crippen LogP contribution in [0, 0.1) is 13.8 Å².